The Labute approximate surface area is 108 Å². The molecule has 1 aliphatic carbocycles. The molecule has 9 heteroatoms. The molecule has 3 rings (SSSR count). The summed E-state index contributed by atoms with van der Waals surface area (Å²) in [7, 11) is 0. The summed E-state index contributed by atoms with van der Waals surface area (Å²) >= 11 is 0. The number of aliphatic hydroxyl groups is 1. The molecule has 0 bridgehead atoms. The molecule has 2 aromatic heterocycles. The maximum atomic E-state index is 9.31. The fraction of sp³-hybridized carbons (Fsp3) is 0.400. The summed E-state index contributed by atoms with van der Waals surface area (Å²) in [4.78, 5) is 16.5. The molecule has 0 spiro atoms. The van der Waals surface area contributed by atoms with Crippen LogP contribution in [-0.2, 0) is 0 Å². The number of nitrogens with one attached hydrogen (secondary N) is 2. The van der Waals surface area contributed by atoms with Gasteiger partial charge in [0.15, 0.2) is 0 Å². The van der Waals surface area contributed by atoms with Crippen molar-refractivity contribution in [2.24, 2.45) is 5.84 Å². The van der Waals surface area contributed by atoms with Crippen molar-refractivity contribution in [3.05, 3.63) is 18.7 Å². The van der Waals surface area contributed by atoms with Gasteiger partial charge in [0.05, 0.1) is 12.1 Å². The highest BCUT2D eigenvalue weighted by Crippen LogP contribution is 2.37. The molecule has 0 unspecified atom stereocenters. The van der Waals surface area contributed by atoms with Crippen molar-refractivity contribution in [3.63, 3.8) is 0 Å². The molecule has 0 aromatic carbocycles. The number of nitrogens with two attached hydrogens (primary N) is 1. The van der Waals surface area contributed by atoms with Gasteiger partial charge >= 0.3 is 0 Å². The lowest BCUT2D eigenvalue weighted by Crippen LogP contribution is -2.27. The predicted molar refractivity (Wildman–Crippen MR) is 67.4 cm³/mol. The molecular formula is C10H14N8O. The Balaban J connectivity index is 1.93. The predicted octanol–water partition coefficient (Wildman–Crippen LogP) is -0.720. The van der Waals surface area contributed by atoms with E-state index in [0.29, 0.717) is 11.9 Å². The molecule has 1 aliphatic rings. The van der Waals surface area contributed by atoms with Gasteiger partial charge in [-0.2, -0.15) is 15.0 Å². The minimum Gasteiger partial charge on any atom is -0.394 e. The van der Waals surface area contributed by atoms with E-state index in [4.69, 9.17) is 5.84 Å². The van der Waals surface area contributed by atoms with Gasteiger partial charge in [0.2, 0.25) is 17.8 Å². The number of hydrogen-bond acceptors (Lipinski definition) is 8. The zero-order chi connectivity index (χ0) is 13.3. The molecule has 0 aliphatic heterocycles. The van der Waals surface area contributed by atoms with Gasteiger partial charge in [-0.15, -0.1) is 0 Å². The fourth-order valence-electron chi connectivity index (χ4n) is 1.69. The van der Waals surface area contributed by atoms with Crippen LogP contribution in [-0.4, -0.2) is 41.8 Å². The lowest BCUT2D eigenvalue weighted by atomic mass is 10.3. The van der Waals surface area contributed by atoms with E-state index >= 15 is 0 Å². The number of aromatic nitrogens is 5. The first kappa shape index (κ1) is 11.8. The highest BCUT2D eigenvalue weighted by molar-refractivity contribution is 5.41. The number of hydrogen-bond donors (Lipinski definition) is 4. The zero-order valence-electron chi connectivity index (χ0n) is 10.1. The van der Waals surface area contributed by atoms with Gasteiger partial charge in [0.1, 0.15) is 6.33 Å². The van der Waals surface area contributed by atoms with Crippen LogP contribution in [0.4, 0.5) is 11.9 Å². The van der Waals surface area contributed by atoms with Gasteiger partial charge in [0, 0.05) is 12.4 Å². The van der Waals surface area contributed by atoms with Crippen LogP contribution in [0.2, 0.25) is 0 Å². The summed E-state index contributed by atoms with van der Waals surface area (Å²) in [6.07, 6.45) is 6.71. The number of rotatable bonds is 5. The van der Waals surface area contributed by atoms with Gasteiger partial charge in [-0.1, -0.05) is 0 Å². The summed E-state index contributed by atoms with van der Waals surface area (Å²) in [5, 5.41) is 12.4. The van der Waals surface area contributed by atoms with Crippen LogP contribution in [0, 0.1) is 0 Å². The largest absolute Gasteiger partial charge is 0.394 e. The topological polar surface area (TPSA) is 127 Å². The van der Waals surface area contributed by atoms with Crippen molar-refractivity contribution >= 4 is 11.9 Å². The Morgan fingerprint density at radius 1 is 1.32 bits per heavy atom. The second-order valence-corrected chi connectivity index (χ2v) is 4.46. The first-order chi connectivity index (χ1) is 9.24. The minimum absolute atomic E-state index is 0.0461. The molecule has 19 heavy (non-hydrogen) atoms. The average Bonchev–Trinajstić information content (AvgIpc) is 3.00. The molecule has 0 saturated heterocycles. The summed E-state index contributed by atoms with van der Waals surface area (Å²) in [6, 6.07) is 0. The highest BCUT2D eigenvalue weighted by atomic mass is 16.3. The molecule has 0 amide bonds. The highest BCUT2D eigenvalue weighted by Gasteiger charge is 2.42. The Morgan fingerprint density at radius 3 is 2.68 bits per heavy atom. The third-order valence-corrected chi connectivity index (χ3v) is 3.02. The molecule has 1 fully saturated rings. The summed E-state index contributed by atoms with van der Waals surface area (Å²) in [6.45, 7) is 0.0461. The smallest absolute Gasteiger partial charge is 0.243 e. The second-order valence-electron chi connectivity index (χ2n) is 4.46. The normalized spacial score (nSPS) is 16.1. The summed E-state index contributed by atoms with van der Waals surface area (Å²) in [5.74, 6) is 6.37. The first-order valence-electron chi connectivity index (χ1n) is 5.85. The molecule has 2 aromatic rings. The van der Waals surface area contributed by atoms with Crippen molar-refractivity contribution in [2.45, 2.75) is 18.4 Å². The van der Waals surface area contributed by atoms with E-state index in [1.165, 1.54) is 0 Å². The van der Waals surface area contributed by atoms with E-state index in [9.17, 15) is 5.11 Å². The third kappa shape index (κ3) is 2.33. The molecule has 9 nitrogen and oxygen atoms in total. The summed E-state index contributed by atoms with van der Waals surface area (Å²) < 4.78 is 1.65. The fourth-order valence-corrected chi connectivity index (χ4v) is 1.69. The van der Waals surface area contributed by atoms with Crippen LogP contribution < -0.4 is 16.6 Å². The molecule has 0 atom stereocenters. The van der Waals surface area contributed by atoms with E-state index in [2.05, 4.69) is 30.7 Å². The third-order valence-electron chi connectivity index (χ3n) is 3.02. The number of imidazole rings is 1. The monoisotopic (exact) mass is 262 g/mol. The number of nitrogens with zero attached hydrogens (tertiary/aromatic N) is 5. The maximum absolute atomic E-state index is 9.31. The van der Waals surface area contributed by atoms with Crippen LogP contribution in [0.15, 0.2) is 18.7 Å². The Hall–Kier alpha value is -2.26. The van der Waals surface area contributed by atoms with Crippen LogP contribution in [0.3, 0.4) is 0 Å². The Bertz CT molecular complexity index is 565. The minimum atomic E-state index is -0.306. The zero-order valence-corrected chi connectivity index (χ0v) is 10.1. The van der Waals surface area contributed by atoms with Crippen molar-refractivity contribution < 1.29 is 5.11 Å². The standard InChI is InChI=1S/C10H14N8O/c11-17-8-13-7(16-10(5-19)1-2-10)14-9(15-8)18-4-3-12-6-18/h3-4,6,19H,1-2,5,11H2,(H2,13,14,15,16,17). The SMILES string of the molecule is NNc1nc(NC2(CO)CC2)nc(-n2ccnc2)n1. The molecule has 5 N–H and O–H groups in total. The Kier molecular flexibility index (Phi) is 2.76. The van der Waals surface area contributed by atoms with E-state index in [0.717, 1.165) is 12.8 Å². The second kappa shape index (κ2) is 4.44. The average molecular weight is 262 g/mol. The van der Waals surface area contributed by atoms with Gasteiger partial charge in [-0.25, -0.2) is 10.8 Å². The maximum Gasteiger partial charge on any atom is 0.243 e. The lowest BCUT2D eigenvalue weighted by molar-refractivity contribution is 0.265. The van der Waals surface area contributed by atoms with Gasteiger partial charge < -0.3 is 10.4 Å². The van der Waals surface area contributed by atoms with Crippen molar-refractivity contribution in [1.29, 1.82) is 0 Å². The first-order valence-corrected chi connectivity index (χ1v) is 5.85. The van der Waals surface area contributed by atoms with E-state index < -0.39 is 0 Å². The number of aliphatic hydroxyl groups excluding tert-OH is 1. The van der Waals surface area contributed by atoms with Gasteiger partial charge in [-0.05, 0) is 12.8 Å². The van der Waals surface area contributed by atoms with Crippen molar-refractivity contribution in [1.82, 2.24) is 24.5 Å². The van der Waals surface area contributed by atoms with Crippen LogP contribution in [0.1, 0.15) is 12.8 Å². The molecule has 2 heterocycles. The Morgan fingerprint density at radius 2 is 2.11 bits per heavy atom. The van der Waals surface area contributed by atoms with E-state index in [1.807, 2.05) is 0 Å². The molecule has 0 radical (unpaired) electrons. The van der Waals surface area contributed by atoms with Crippen LogP contribution in [0.25, 0.3) is 5.95 Å². The number of hydrazine groups is 1. The molecular weight excluding hydrogens is 248 g/mol. The molecule has 1 saturated carbocycles. The number of anilines is 2. The quantitative estimate of drug-likeness (QED) is 0.410. The molecule has 100 valence electrons. The van der Waals surface area contributed by atoms with E-state index in [1.54, 1.807) is 23.3 Å². The lowest BCUT2D eigenvalue weighted by Gasteiger charge is -2.15. The van der Waals surface area contributed by atoms with Crippen LogP contribution >= 0.6 is 0 Å². The summed E-state index contributed by atoms with van der Waals surface area (Å²) in [5.41, 5.74) is 2.09. The van der Waals surface area contributed by atoms with Crippen molar-refractivity contribution in [3.8, 4) is 5.95 Å². The number of nitrogen functional groups attached to an aromatic ring is 1. The van der Waals surface area contributed by atoms with Crippen molar-refractivity contribution in [2.75, 3.05) is 17.3 Å². The van der Waals surface area contributed by atoms with E-state index in [-0.39, 0.29) is 18.1 Å². The van der Waals surface area contributed by atoms with Gasteiger partial charge in [0.25, 0.3) is 0 Å². The van der Waals surface area contributed by atoms with Gasteiger partial charge in [-0.3, -0.25) is 9.99 Å². The van der Waals surface area contributed by atoms with Crippen LogP contribution in [0.5, 0.6) is 0 Å².